The number of rotatable bonds is 5. The van der Waals surface area contributed by atoms with E-state index in [0.29, 0.717) is 5.92 Å². The Labute approximate surface area is 131 Å². The molecular weight excluding hydrogens is 286 g/mol. The van der Waals surface area contributed by atoms with Gasteiger partial charge in [-0.3, -0.25) is 9.69 Å². The van der Waals surface area contributed by atoms with Gasteiger partial charge >= 0.3 is 0 Å². The number of carbonyl (C=O) groups excluding carboxylic acids is 1. The molecule has 0 radical (unpaired) electrons. The highest BCUT2D eigenvalue weighted by Crippen LogP contribution is 2.33. The number of hydrogen-bond donors (Lipinski definition) is 2. The topological polar surface area (TPSA) is 53.6 Å². The van der Waals surface area contributed by atoms with Crippen molar-refractivity contribution in [2.45, 2.75) is 18.9 Å². The molecule has 21 heavy (non-hydrogen) atoms. The molecule has 0 aromatic rings. The molecule has 120 valence electrons. The van der Waals surface area contributed by atoms with E-state index in [1.165, 1.54) is 12.2 Å². The Morgan fingerprint density at radius 1 is 1.48 bits per heavy atom. The molecule has 3 aliphatic rings. The molecule has 0 aliphatic carbocycles. The molecule has 0 aromatic heterocycles. The lowest BCUT2D eigenvalue weighted by molar-refractivity contribution is -0.127. The third kappa shape index (κ3) is 3.38. The number of thioether (sulfide) groups is 1. The molecule has 3 rings (SSSR count). The standard InChI is InChI=1S/C15H27N3O2S/c1-12(13-8-16-9-13)14(19)17-10-15(2-7-21-11-15)18-3-5-20-6-4-18/h12-13,16H,2-11H2,1H3,(H,17,19). The molecule has 3 heterocycles. The minimum atomic E-state index is 0.127. The van der Waals surface area contributed by atoms with Gasteiger partial charge in [0.25, 0.3) is 0 Å². The van der Waals surface area contributed by atoms with Gasteiger partial charge in [-0.15, -0.1) is 0 Å². The summed E-state index contributed by atoms with van der Waals surface area (Å²) in [6, 6.07) is 0. The third-order valence-electron chi connectivity index (χ3n) is 5.29. The van der Waals surface area contributed by atoms with Crippen LogP contribution in [0.5, 0.6) is 0 Å². The van der Waals surface area contributed by atoms with Crippen LogP contribution in [0.1, 0.15) is 13.3 Å². The predicted octanol–water partition coefficient (Wildman–Crippen LogP) is 0.166. The molecular formula is C15H27N3O2S. The first kappa shape index (κ1) is 15.6. The number of morpholine rings is 1. The summed E-state index contributed by atoms with van der Waals surface area (Å²) < 4.78 is 5.48. The maximum absolute atomic E-state index is 12.4. The zero-order chi connectivity index (χ0) is 14.7. The molecule has 2 atom stereocenters. The highest BCUT2D eigenvalue weighted by atomic mass is 32.2. The van der Waals surface area contributed by atoms with E-state index in [1.807, 2.05) is 11.8 Å². The van der Waals surface area contributed by atoms with E-state index in [9.17, 15) is 4.79 Å². The van der Waals surface area contributed by atoms with Crippen molar-refractivity contribution in [3.63, 3.8) is 0 Å². The molecule has 3 aliphatic heterocycles. The number of nitrogens with zero attached hydrogens (tertiary/aromatic N) is 1. The lowest BCUT2D eigenvalue weighted by atomic mass is 9.88. The van der Waals surface area contributed by atoms with E-state index in [1.54, 1.807) is 0 Å². The van der Waals surface area contributed by atoms with Crippen molar-refractivity contribution in [2.75, 3.05) is 57.4 Å². The van der Waals surface area contributed by atoms with Crippen LogP contribution < -0.4 is 10.6 Å². The van der Waals surface area contributed by atoms with E-state index in [-0.39, 0.29) is 17.4 Å². The Kier molecular flexibility index (Phi) is 5.09. The Bertz CT molecular complexity index is 364. The maximum Gasteiger partial charge on any atom is 0.223 e. The quantitative estimate of drug-likeness (QED) is 0.758. The second kappa shape index (κ2) is 6.86. The fourth-order valence-electron chi connectivity index (χ4n) is 3.43. The summed E-state index contributed by atoms with van der Waals surface area (Å²) in [5.74, 6) is 3.21. The molecule has 6 heteroatoms. The predicted molar refractivity (Wildman–Crippen MR) is 85.6 cm³/mol. The first-order chi connectivity index (χ1) is 10.2. The lowest BCUT2D eigenvalue weighted by Gasteiger charge is -2.43. The first-order valence-corrected chi connectivity index (χ1v) is 9.26. The van der Waals surface area contributed by atoms with Gasteiger partial charge in [0.05, 0.1) is 13.2 Å². The first-order valence-electron chi connectivity index (χ1n) is 8.10. The largest absolute Gasteiger partial charge is 0.379 e. The van der Waals surface area contributed by atoms with Crippen LogP contribution >= 0.6 is 11.8 Å². The van der Waals surface area contributed by atoms with Gasteiger partial charge in [-0.2, -0.15) is 11.8 Å². The Morgan fingerprint density at radius 2 is 2.24 bits per heavy atom. The number of carbonyl (C=O) groups is 1. The Hall–Kier alpha value is -0.300. The zero-order valence-corrected chi connectivity index (χ0v) is 13.7. The van der Waals surface area contributed by atoms with Gasteiger partial charge in [0.1, 0.15) is 0 Å². The van der Waals surface area contributed by atoms with Crippen molar-refractivity contribution in [3.8, 4) is 0 Å². The minimum Gasteiger partial charge on any atom is -0.379 e. The Morgan fingerprint density at radius 3 is 2.81 bits per heavy atom. The number of amides is 1. The van der Waals surface area contributed by atoms with Crippen LogP contribution in [0.4, 0.5) is 0 Å². The summed E-state index contributed by atoms with van der Waals surface area (Å²) in [5.41, 5.74) is 0.154. The summed E-state index contributed by atoms with van der Waals surface area (Å²) in [4.78, 5) is 14.9. The lowest BCUT2D eigenvalue weighted by Crippen LogP contribution is -2.60. The number of ether oxygens (including phenoxy) is 1. The molecule has 2 unspecified atom stereocenters. The van der Waals surface area contributed by atoms with E-state index in [2.05, 4.69) is 22.5 Å². The zero-order valence-electron chi connectivity index (χ0n) is 12.9. The fourth-order valence-corrected chi connectivity index (χ4v) is 4.90. The summed E-state index contributed by atoms with van der Waals surface area (Å²) >= 11 is 2.01. The second-order valence-corrected chi connectivity index (χ2v) is 7.66. The molecule has 0 saturated carbocycles. The summed E-state index contributed by atoms with van der Waals surface area (Å²) in [6.07, 6.45) is 1.18. The molecule has 2 N–H and O–H groups in total. The van der Waals surface area contributed by atoms with Crippen molar-refractivity contribution in [1.82, 2.24) is 15.5 Å². The van der Waals surface area contributed by atoms with Crippen LogP contribution in [0.3, 0.4) is 0 Å². The highest BCUT2D eigenvalue weighted by molar-refractivity contribution is 7.99. The molecule has 0 aromatic carbocycles. The van der Waals surface area contributed by atoms with Crippen LogP contribution in [0, 0.1) is 11.8 Å². The molecule has 0 bridgehead atoms. The van der Waals surface area contributed by atoms with Crippen LogP contribution in [-0.4, -0.2) is 73.8 Å². The van der Waals surface area contributed by atoms with Crippen LogP contribution in [0.15, 0.2) is 0 Å². The van der Waals surface area contributed by atoms with Gasteiger partial charge in [0.15, 0.2) is 0 Å². The number of nitrogens with one attached hydrogen (secondary N) is 2. The van der Waals surface area contributed by atoms with Crippen LogP contribution in [-0.2, 0) is 9.53 Å². The Balaban J connectivity index is 1.56. The van der Waals surface area contributed by atoms with Crippen molar-refractivity contribution >= 4 is 17.7 Å². The van der Waals surface area contributed by atoms with Crippen molar-refractivity contribution in [1.29, 1.82) is 0 Å². The van der Waals surface area contributed by atoms with Crippen molar-refractivity contribution in [2.24, 2.45) is 11.8 Å². The van der Waals surface area contributed by atoms with Gasteiger partial charge < -0.3 is 15.4 Å². The molecule has 0 spiro atoms. The normalized spacial score (nSPS) is 32.6. The van der Waals surface area contributed by atoms with Crippen LogP contribution in [0.25, 0.3) is 0 Å². The third-order valence-corrected chi connectivity index (χ3v) is 6.52. The number of hydrogen-bond acceptors (Lipinski definition) is 5. The van der Waals surface area contributed by atoms with Gasteiger partial charge in [0.2, 0.25) is 5.91 Å². The monoisotopic (exact) mass is 313 g/mol. The molecule has 3 fully saturated rings. The maximum atomic E-state index is 12.4. The van der Waals surface area contributed by atoms with E-state index in [4.69, 9.17) is 4.74 Å². The van der Waals surface area contributed by atoms with E-state index < -0.39 is 0 Å². The summed E-state index contributed by atoms with van der Waals surface area (Å²) in [5, 5.41) is 6.50. The molecule has 1 amide bonds. The van der Waals surface area contributed by atoms with E-state index >= 15 is 0 Å². The average molecular weight is 313 g/mol. The smallest absolute Gasteiger partial charge is 0.223 e. The summed E-state index contributed by atoms with van der Waals surface area (Å²) in [6.45, 7) is 8.47. The second-order valence-electron chi connectivity index (χ2n) is 6.55. The highest BCUT2D eigenvalue weighted by Gasteiger charge is 2.41. The minimum absolute atomic E-state index is 0.127. The molecule has 5 nitrogen and oxygen atoms in total. The summed E-state index contributed by atoms with van der Waals surface area (Å²) in [7, 11) is 0. The van der Waals surface area contributed by atoms with Gasteiger partial charge in [-0.05, 0) is 31.2 Å². The average Bonchev–Trinajstić information content (AvgIpc) is 2.94. The van der Waals surface area contributed by atoms with Crippen LogP contribution in [0.2, 0.25) is 0 Å². The van der Waals surface area contributed by atoms with Gasteiger partial charge in [-0.1, -0.05) is 6.92 Å². The fraction of sp³-hybridized carbons (Fsp3) is 0.933. The van der Waals surface area contributed by atoms with Crippen molar-refractivity contribution < 1.29 is 9.53 Å². The van der Waals surface area contributed by atoms with Gasteiger partial charge in [0, 0.05) is 36.8 Å². The van der Waals surface area contributed by atoms with Crippen molar-refractivity contribution in [3.05, 3.63) is 0 Å². The van der Waals surface area contributed by atoms with E-state index in [0.717, 1.165) is 51.7 Å². The van der Waals surface area contributed by atoms with Gasteiger partial charge in [-0.25, -0.2) is 0 Å². The SMILES string of the molecule is CC(C(=O)NCC1(N2CCOCC2)CCSC1)C1CNC1. The molecule has 3 saturated heterocycles.